The summed E-state index contributed by atoms with van der Waals surface area (Å²) in [7, 11) is 0. The predicted octanol–water partition coefficient (Wildman–Crippen LogP) is 13.5. The smallest absolute Gasteiger partial charge is 0.0547 e. The summed E-state index contributed by atoms with van der Waals surface area (Å²) in [6.07, 6.45) is 0. The second-order valence-electron chi connectivity index (χ2n) is 15.0. The van der Waals surface area contributed by atoms with Crippen LogP contribution in [0.25, 0.3) is 88.4 Å². The van der Waals surface area contributed by atoms with Gasteiger partial charge in [-0.1, -0.05) is 147 Å². The number of rotatable bonds is 4. The van der Waals surface area contributed by atoms with Crippen LogP contribution in [0.3, 0.4) is 0 Å². The Bertz CT molecular complexity index is 2860. The van der Waals surface area contributed by atoms with Crippen molar-refractivity contribution in [2.24, 2.45) is 0 Å². The number of hydrogen-bond donors (Lipinski definition) is 0. The van der Waals surface area contributed by atoms with Crippen molar-refractivity contribution in [2.75, 3.05) is 0 Å². The number of benzene rings is 8. The second-order valence-corrected chi connectivity index (χ2v) is 15.0. The monoisotopic (exact) mass is 676 g/mol. The van der Waals surface area contributed by atoms with Gasteiger partial charge in [-0.3, -0.25) is 0 Å². The molecule has 0 saturated heterocycles. The molecular formula is C51H36N2. The average molecular weight is 677 g/mol. The molecular weight excluding hydrogens is 641 g/mol. The Hall–Kier alpha value is -6.64. The lowest BCUT2D eigenvalue weighted by Gasteiger charge is -2.23. The van der Waals surface area contributed by atoms with Gasteiger partial charge in [0, 0.05) is 38.3 Å². The summed E-state index contributed by atoms with van der Waals surface area (Å²) >= 11 is 0. The number of nitrogens with zero attached hydrogens (tertiary/aromatic N) is 2. The molecule has 2 aromatic heterocycles. The van der Waals surface area contributed by atoms with Crippen molar-refractivity contribution in [3.63, 3.8) is 0 Å². The largest absolute Gasteiger partial charge is 0.309 e. The van der Waals surface area contributed by atoms with Gasteiger partial charge in [0.05, 0.1) is 22.1 Å². The third-order valence-corrected chi connectivity index (χ3v) is 11.7. The van der Waals surface area contributed by atoms with Crippen LogP contribution in [0.15, 0.2) is 182 Å². The summed E-state index contributed by atoms with van der Waals surface area (Å²) in [5.41, 5.74) is 17.4. The van der Waals surface area contributed by atoms with Crippen molar-refractivity contribution in [2.45, 2.75) is 19.3 Å². The molecule has 0 bridgehead atoms. The van der Waals surface area contributed by atoms with Gasteiger partial charge in [0.2, 0.25) is 0 Å². The molecule has 2 heteroatoms. The molecule has 2 heterocycles. The maximum absolute atomic E-state index is 2.46. The van der Waals surface area contributed by atoms with E-state index in [0.29, 0.717) is 0 Å². The summed E-state index contributed by atoms with van der Waals surface area (Å²) in [5, 5.41) is 5.09. The van der Waals surface area contributed by atoms with Gasteiger partial charge in [-0.2, -0.15) is 0 Å². The molecule has 1 aliphatic carbocycles. The Morgan fingerprint density at radius 2 is 0.717 bits per heavy atom. The van der Waals surface area contributed by atoms with Gasteiger partial charge in [-0.25, -0.2) is 0 Å². The second kappa shape index (κ2) is 11.2. The number of aromatic nitrogens is 2. The average Bonchev–Trinajstić information content (AvgIpc) is 3.80. The van der Waals surface area contributed by atoms with E-state index in [1.807, 2.05) is 0 Å². The molecule has 0 aliphatic heterocycles. The van der Waals surface area contributed by atoms with Crippen LogP contribution in [0, 0.1) is 0 Å². The molecule has 0 radical (unpaired) electrons. The Morgan fingerprint density at radius 3 is 1.17 bits per heavy atom. The molecule has 8 aromatic carbocycles. The fourth-order valence-corrected chi connectivity index (χ4v) is 9.11. The van der Waals surface area contributed by atoms with Crippen molar-refractivity contribution in [1.29, 1.82) is 0 Å². The van der Waals surface area contributed by atoms with E-state index < -0.39 is 0 Å². The SMILES string of the molecule is CC1(C)c2cc(-n3c4ccccc4c4ccc(-c5ccccc5)cc43)ccc2-c2ccc(-n3c4ccccc4c4ccc(-c5ccccc5)cc43)cc21. The zero-order chi connectivity index (χ0) is 35.3. The zero-order valence-electron chi connectivity index (χ0n) is 29.7. The molecule has 0 fully saturated rings. The molecule has 0 amide bonds. The van der Waals surface area contributed by atoms with Gasteiger partial charge in [-0.05, 0) is 93.0 Å². The summed E-state index contributed by atoms with van der Waals surface area (Å²) in [5.74, 6) is 0. The van der Waals surface area contributed by atoms with E-state index >= 15 is 0 Å². The Kier molecular flexibility index (Phi) is 6.33. The minimum atomic E-state index is -0.196. The summed E-state index contributed by atoms with van der Waals surface area (Å²) in [6, 6.07) is 67.1. The maximum atomic E-state index is 2.46. The Morgan fingerprint density at radius 1 is 0.321 bits per heavy atom. The molecule has 0 unspecified atom stereocenters. The molecule has 250 valence electrons. The lowest BCUT2D eigenvalue weighted by Crippen LogP contribution is -2.16. The van der Waals surface area contributed by atoms with Gasteiger partial charge in [0.25, 0.3) is 0 Å². The highest BCUT2D eigenvalue weighted by atomic mass is 15.0. The molecule has 10 aromatic rings. The van der Waals surface area contributed by atoms with E-state index in [4.69, 9.17) is 0 Å². The highest BCUT2D eigenvalue weighted by Gasteiger charge is 2.36. The molecule has 0 atom stereocenters. The highest BCUT2D eigenvalue weighted by molar-refractivity contribution is 6.11. The van der Waals surface area contributed by atoms with E-state index in [1.54, 1.807) is 0 Å². The van der Waals surface area contributed by atoms with E-state index in [2.05, 4.69) is 205 Å². The van der Waals surface area contributed by atoms with Gasteiger partial charge < -0.3 is 9.13 Å². The first kappa shape index (κ1) is 30.0. The van der Waals surface area contributed by atoms with Crippen molar-refractivity contribution in [3.05, 3.63) is 193 Å². The molecule has 2 nitrogen and oxygen atoms in total. The maximum Gasteiger partial charge on any atom is 0.0547 e. The molecule has 53 heavy (non-hydrogen) atoms. The van der Waals surface area contributed by atoms with Crippen LogP contribution < -0.4 is 0 Å². The number of fused-ring (bicyclic) bond motifs is 9. The van der Waals surface area contributed by atoms with Crippen molar-refractivity contribution in [3.8, 4) is 44.8 Å². The molecule has 0 N–H and O–H groups in total. The standard InChI is InChI=1S/C51H36N2/c1-51(2)45-31-37(52-47-19-11-9-17-41(47)43-25-21-35(29-49(43)52)33-13-5-3-6-14-33)23-27-39(45)40-28-24-38(32-46(40)51)53-48-20-12-10-18-42(48)44-26-22-36(30-50(44)53)34-15-7-4-8-16-34/h3-32H,1-2H3. The van der Waals surface area contributed by atoms with Gasteiger partial charge >= 0.3 is 0 Å². The van der Waals surface area contributed by atoms with Crippen molar-refractivity contribution >= 4 is 43.6 Å². The first-order chi connectivity index (χ1) is 26.0. The Labute approximate surface area is 308 Å². The van der Waals surface area contributed by atoms with Crippen molar-refractivity contribution < 1.29 is 0 Å². The normalized spacial score (nSPS) is 13.2. The predicted molar refractivity (Wildman–Crippen MR) is 224 cm³/mol. The minimum Gasteiger partial charge on any atom is -0.309 e. The fourth-order valence-electron chi connectivity index (χ4n) is 9.11. The van der Waals surface area contributed by atoms with Gasteiger partial charge in [-0.15, -0.1) is 0 Å². The van der Waals surface area contributed by atoms with Gasteiger partial charge in [0.15, 0.2) is 0 Å². The zero-order valence-corrected chi connectivity index (χ0v) is 29.7. The lowest BCUT2D eigenvalue weighted by molar-refractivity contribution is 0.659. The van der Waals surface area contributed by atoms with Crippen LogP contribution in [0.5, 0.6) is 0 Å². The van der Waals surface area contributed by atoms with Crippen molar-refractivity contribution in [1.82, 2.24) is 9.13 Å². The van der Waals surface area contributed by atoms with Crippen LogP contribution in [0.2, 0.25) is 0 Å². The summed E-state index contributed by atoms with van der Waals surface area (Å²) in [4.78, 5) is 0. The van der Waals surface area contributed by atoms with E-state index in [1.165, 1.54) is 99.5 Å². The molecule has 0 spiro atoms. The topological polar surface area (TPSA) is 9.86 Å². The van der Waals surface area contributed by atoms with E-state index in [9.17, 15) is 0 Å². The third-order valence-electron chi connectivity index (χ3n) is 11.7. The fraction of sp³-hybridized carbons (Fsp3) is 0.0588. The van der Waals surface area contributed by atoms with Crippen LogP contribution in [0.1, 0.15) is 25.0 Å². The highest BCUT2D eigenvalue weighted by Crippen LogP contribution is 2.51. The summed E-state index contributed by atoms with van der Waals surface area (Å²) in [6.45, 7) is 4.79. The van der Waals surface area contributed by atoms with Crippen LogP contribution in [-0.4, -0.2) is 9.13 Å². The van der Waals surface area contributed by atoms with Crippen LogP contribution in [-0.2, 0) is 5.41 Å². The lowest BCUT2D eigenvalue weighted by atomic mass is 9.82. The molecule has 11 rings (SSSR count). The van der Waals surface area contributed by atoms with E-state index in [-0.39, 0.29) is 5.41 Å². The number of hydrogen-bond acceptors (Lipinski definition) is 0. The van der Waals surface area contributed by atoms with E-state index in [0.717, 1.165) is 0 Å². The minimum absolute atomic E-state index is 0.196. The third kappa shape index (κ3) is 4.39. The van der Waals surface area contributed by atoms with Gasteiger partial charge in [0.1, 0.15) is 0 Å². The van der Waals surface area contributed by atoms with Crippen LogP contribution in [0.4, 0.5) is 0 Å². The first-order valence-corrected chi connectivity index (χ1v) is 18.5. The molecule has 0 saturated carbocycles. The summed E-state index contributed by atoms with van der Waals surface area (Å²) < 4.78 is 4.93. The first-order valence-electron chi connectivity index (χ1n) is 18.5. The molecule has 1 aliphatic rings. The Balaban J connectivity index is 1.07. The number of para-hydroxylation sites is 2. The van der Waals surface area contributed by atoms with Crippen LogP contribution >= 0.6 is 0 Å². The quantitative estimate of drug-likeness (QED) is 0.176.